The van der Waals surface area contributed by atoms with E-state index in [9.17, 15) is 14.7 Å². The van der Waals surface area contributed by atoms with Crippen LogP contribution in [0.4, 0.5) is 0 Å². The number of amides is 2. The van der Waals surface area contributed by atoms with Crippen molar-refractivity contribution in [2.45, 2.75) is 5.66 Å². The summed E-state index contributed by atoms with van der Waals surface area (Å²) in [6.07, 6.45) is 0.939. The Morgan fingerprint density at radius 1 is 1.50 bits per heavy atom. The molecular weight excluding hydrogens is 230 g/mol. The third-order valence-electron chi connectivity index (χ3n) is 2.15. The van der Waals surface area contributed by atoms with E-state index in [4.69, 9.17) is 5.73 Å². The van der Waals surface area contributed by atoms with Crippen LogP contribution in [0.1, 0.15) is 4.88 Å². The first-order chi connectivity index (χ1) is 7.54. The van der Waals surface area contributed by atoms with Crippen LogP contribution < -0.4 is 16.4 Å². The number of nitrogens with one attached hydrogen (secondary N) is 2. The molecule has 84 valence electrons. The van der Waals surface area contributed by atoms with E-state index in [1.54, 1.807) is 17.5 Å². The smallest absolute Gasteiger partial charge is 0.269 e. The maximum atomic E-state index is 11.5. The molecule has 2 heterocycles. The van der Waals surface area contributed by atoms with Crippen LogP contribution in [-0.4, -0.2) is 16.9 Å². The average Bonchev–Trinajstić information content (AvgIpc) is 2.68. The Balaban J connectivity index is 2.50. The Kier molecular flexibility index (Phi) is 2.31. The van der Waals surface area contributed by atoms with Gasteiger partial charge in [0.2, 0.25) is 5.66 Å². The quantitative estimate of drug-likeness (QED) is 0.558. The fraction of sp³-hybridized carbons (Fsp3) is 0.111. The van der Waals surface area contributed by atoms with E-state index in [1.807, 2.05) is 0 Å². The van der Waals surface area contributed by atoms with E-state index in [2.05, 4.69) is 10.6 Å². The van der Waals surface area contributed by atoms with Gasteiger partial charge in [0.15, 0.2) is 5.88 Å². The minimum absolute atomic E-state index is 0.393. The predicted molar refractivity (Wildman–Crippen MR) is 57.2 cm³/mol. The number of aliphatic hydroxyl groups is 1. The van der Waals surface area contributed by atoms with Gasteiger partial charge in [0.25, 0.3) is 11.8 Å². The topological polar surface area (TPSA) is 104 Å². The fourth-order valence-electron chi connectivity index (χ4n) is 1.46. The molecular formula is C9H9N3O3S. The molecule has 1 unspecified atom stereocenters. The summed E-state index contributed by atoms with van der Waals surface area (Å²) < 4.78 is 0. The highest BCUT2D eigenvalue weighted by Crippen LogP contribution is 2.25. The van der Waals surface area contributed by atoms with Crippen molar-refractivity contribution in [1.29, 1.82) is 0 Å². The second kappa shape index (κ2) is 3.53. The molecule has 0 aliphatic carbocycles. The van der Waals surface area contributed by atoms with E-state index in [1.165, 1.54) is 11.3 Å². The third kappa shape index (κ3) is 1.50. The van der Waals surface area contributed by atoms with Gasteiger partial charge in [-0.15, -0.1) is 11.3 Å². The summed E-state index contributed by atoms with van der Waals surface area (Å²) in [5.74, 6) is -1.76. The highest BCUT2D eigenvalue weighted by atomic mass is 32.1. The highest BCUT2D eigenvalue weighted by molar-refractivity contribution is 7.10. The van der Waals surface area contributed by atoms with Crippen LogP contribution in [0.25, 0.3) is 0 Å². The lowest BCUT2D eigenvalue weighted by Gasteiger charge is -2.34. The first-order valence-electron chi connectivity index (χ1n) is 4.39. The fourth-order valence-corrected chi connectivity index (χ4v) is 2.30. The Bertz CT molecular complexity index is 468. The van der Waals surface area contributed by atoms with Gasteiger partial charge in [-0.3, -0.25) is 9.59 Å². The van der Waals surface area contributed by atoms with Crippen LogP contribution in [0.3, 0.4) is 0 Å². The number of nitrogens with two attached hydrogens (primary N) is 1. The molecule has 1 aliphatic heterocycles. The van der Waals surface area contributed by atoms with Crippen molar-refractivity contribution < 1.29 is 14.7 Å². The summed E-state index contributed by atoms with van der Waals surface area (Å²) in [5.41, 5.74) is 3.70. The molecule has 0 radical (unpaired) electrons. The van der Waals surface area contributed by atoms with Gasteiger partial charge in [-0.1, -0.05) is 6.07 Å². The molecule has 0 spiro atoms. The predicted octanol–water partition coefficient (Wildman–Crippen LogP) is -0.495. The zero-order valence-electron chi connectivity index (χ0n) is 8.06. The standard InChI is InChI=1S/C9H9N3O3S/c10-8(15)9(5-2-1-3-16-5)11-6(13)4-7(14)12-9/h1-4,11,13H,(H2,10,15)(H,12,14). The number of primary amides is 1. The molecule has 5 N–H and O–H groups in total. The Labute approximate surface area is 94.8 Å². The van der Waals surface area contributed by atoms with Gasteiger partial charge in [-0.2, -0.15) is 0 Å². The molecule has 1 aromatic heterocycles. The van der Waals surface area contributed by atoms with Gasteiger partial charge in [-0.05, 0) is 11.4 Å². The minimum Gasteiger partial charge on any atom is -0.495 e. The van der Waals surface area contributed by atoms with Crippen molar-refractivity contribution in [2.75, 3.05) is 0 Å². The van der Waals surface area contributed by atoms with Crippen LogP contribution >= 0.6 is 11.3 Å². The highest BCUT2D eigenvalue weighted by Gasteiger charge is 2.44. The van der Waals surface area contributed by atoms with Crippen LogP contribution in [0.5, 0.6) is 0 Å². The first kappa shape index (κ1) is 10.5. The molecule has 0 saturated carbocycles. The molecule has 1 aliphatic rings. The van der Waals surface area contributed by atoms with E-state index < -0.39 is 23.4 Å². The van der Waals surface area contributed by atoms with Gasteiger partial charge in [0, 0.05) is 0 Å². The van der Waals surface area contributed by atoms with Crippen LogP contribution in [0.2, 0.25) is 0 Å². The van der Waals surface area contributed by atoms with Gasteiger partial charge < -0.3 is 21.5 Å². The molecule has 0 fully saturated rings. The van der Waals surface area contributed by atoms with Crippen molar-refractivity contribution >= 4 is 23.2 Å². The van der Waals surface area contributed by atoms with Crippen LogP contribution in [-0.2, 0) is 15.3 Å². The SMILES string of the molecule is NC(=O)C1(c2cccs2)NC(=O)C=C(O)N1. The monoisotopic (exact) mass is 239 g/mol. The molecule has 0 aromatic carbocycles. The molecule has 6 nitrogen and oxygen atoms in total. The largest absolute Gasteiger partial charge is 0.495 e. The number of aliphatic hydroxyl groups excluding tert-OH is 1. The molecule has 16 heavy (non-hydrogen) atoms. The van der Waals surface area contributed by atoms with Crippen molar-refractivity contribution in [3.63, 3.8) is 0 Å². The maximum absolute atomic E-state index is 11.5. The second-order valence-electron chi connectivity index (χ2n) is 3.24. The van der Waals surface area contributed by atoms with Crippen molar-refractivity contribution in [3.8, 4) is 0 Å². The molecule has 2 amide bonds. The summed E-state index contributed by atoms with van der Waals surface area (Å²) in [5, 5.41) is 16.0. The summed E-state index contributed by atoms with van der Waals surface area (Å²) in [6, 6.07) is 3.36. The summed E-state index contributed by atoms with van der Waals surface area (Å²) in [6.45, 7) is 0. The number of carbonyl (C=O) groups is 2. The average molecular weight is 239 g/mol. The van der Waals surface area contributed by atoms with E-state index in [0.29, 0.717) is 4.88 Å². The summed E-state index contributed by atoms with van der Waals surface area (Å²) in [4.78, 5) is 23.3. The summed E-state index contributed by atoms with van der Waals surface area (Å²) >= 11 is 1.24. The Morgan fingerprint density at radius 2 is 2.25 bits per heavy atom. The van der Waals surface area contributed by atoms with E-state index >= 15 is 0 Å². The minimum atomic E-state index is -1.57. The lowest BCUT2D eigenvalue weighted by molar-refractivity contribution is -0.132. The number of carbonyl (C=O) groups excluding carboxylic acids is 2. The molecule has 1 aromatic rings. The summed E-state index contributed by atoms with van der Waals surface area (Å²) in [7, 11) is 0. The Morgan fingerprint density at radius 3 is 2.75 bits per heavy atom. The molecule has 0 saturated heterocycles. The number of hydrogen-bond acceptors (Lipinski definition) is 5. The molecule has 2 rings (SSSR count). The van der Waals surface area contributed by atoms with E-state index in [-0.39, 0.29) is 0 Å². The first-order valence-corrected chi connectivity index (χ1v) is 5.27. The van der Waals surface area contributed by atoms with Crippen molar-refractivity contribution in [3.05, 3.63) is 34.3 Å². The lowest BCUT2D eigenvalue weighted by Crippen LogP contribution is -2.64. The Hall–Kier alpha value is -2.02. The third-order valence-corrected chi connectivity index (χ3v) is 3.14. The molecule has 7 heteroatoms. The van der Waals surface area contributed by atoms with Crippen LogP contribution in [0, 0.1) is 0 Å². The lowest BCUT2D eigenvalue weighted by atomic mass is 10.1. The van der Waals surface area contributed by atoms with Gasteiger partial charge in [0.1, 0.15) is 0 Å². The number of thiophene rings is 1. The number of rotatable bonds is 2. The maximum Gasteiger partial charge on any atom is 0.269 e. The second-order valence-corrected chi connectivity index (χ2v) is 4.18. The zero-order chi connectivity index (χ0) is 11.8. The zero-order valence-corrected chi connectivity index (χ0v) is 8.88. The van der Waals surface area contributed by atoms with Gasteiger partial charge >= 0.3 is 0 Å². The molecule has 1 atom stereocenters. The van der Waals surface area contributed by atoms with E-state index in [0.717, 1.165) is 6.08 Å². The van der Waals surface area contributed by atoms with Crippen LogP contribution in [0.15, 0.2) is 29.5 Å². The van der Waals surface area contributed by atoms with Gasteiger partial charge in [-0.25, -0.2) is 0 Å². The molecule has 0 bridgehead atoms. The van der Waals surface area contributed by atoms with Crippen molar-refractivity contribution in [2.24, 2.45) is 5.73 Å². The van der Waals surface area contributed by atoms with Gasteiger partial charge in [0.05, 0.1) is 11.0 Å². The normalized spacial score (nSPS) is 24.2. The number of hydrogen-bond donors (Lipinski definition) is 4. The van der Waals surface area contributed by atoms with Crippen molar-refractivity contribution in [1.82, 2.24) is 10.6 Å².